The van der Waals surface area contributed by atoms with Crippen molar-refractivity contribution in [3.8, 4) is 0 Å². The maximum Gasteiger partial charge on any atom is 0.157 e. The number of aromatic nitrogens is 3. The molecule has 2 N–H and O–H groups in total. The number of nitrogens with one attached hydrogen (secondary N) is 1. The van der Waals surface area contributed by atoms with Crippen molar-refractivity contribution in [2.24, 2.45) is 0 Å². The van der Waals surface area contributed by atoms with Crippen LogP contribution in [0.5, 0.6) is 0 Å². The largest absolute Gasteiger partial charge is 0.396 e. The zero-order chi connectivity index (χ0) is 12.1. The van der Waals surface area contributed by atoms with Crippen molar-refractivity contribution in [1.29, 1.82) is 0 Å². The summed E-state index contributed by atoms with van der Waals surface area (Å²) in [5.74, 6) is 0.974. The fraction of sp³-hybridized carbons (Fsp3) is 0.500. The molecular weight excluding hydrogens is 216 g/mol. The fourth-order valence-electron chi connectivity index (χ4n) is 1.81. The second kappa shape index (κ2) is 5.63. The zero-order valence-corrected chi connectivity index (χ0v) is 10.1. The monoisotopic (exact) mass is 234 g/mol. The van der Waals surface area contributed by atoms with E-state index in [-0.39, 0.29) is 6.61 Å². The Hall–Kier alpha value is -1.62. The molecule has 0 saturated carbocycles. The summed E-state index contributed by atoms with van der Waals surface area (Å²) in [6.45, 7) is 3.21. The quantitative estimate of drug-likeness (QED) is 0.745. The number of aliphatic hydroxyl groups excluding tert-OH is 1. The van der Waals surface area contributed by atoms with Gasteiger partial charge in [-0.1, -0.05) is 0 Å². The van der Waals surface area contributed by atoms with Crippen LogP contribution >= 0.6 is 0 Å². The molecule has 0 amide bonds. The lowest BCUT2D eigenvalue weighted by molar-refractivity contribution is 0.283. The Morgan fingerprint density at radius 1 is 1.29 bits per heavy atom. The summed E-state index contributed by atoms with van der Waals surface area (Å²) >= 11 is 0. The first-order valence-electron chi connectivity index (χ1n) is 5.96. The van der Waals surface area contributed by atoms with E-state index in [1.165, 1.54) is 5.56 Å². The molecule has 0 radical (unpaired) electrons. The Morgan fingerprint density at radius 3 is 3.00 bits per heavy atom. The van der Waals surface area contributed by atoms with Crippen molar-refractivity contribution in [2.75, 3.05) is 18.5 Å². The highest BCUT2D eigenvalue weighted by atomic mass is 16.2. The predicted molar refractivity (Wildman–Crippen MR) is 67.2 cm³/mol. The molecule has 2 aromatic heterocycles. The smallest absolute Gasteiger partial charge is 0.157 e. The molecule has 17 heavy (non-hydrogen) atoms. The number of unbranched alkanes of at least 4 members (excludes halogenated alkanes) is 2. The second-order valence-electron chi connectivity index (χ2n) is 4.16. The van der Waals surface area contributed by atoms with Crippen LogP contribution in [0.4, 0.5) is 5.82 Å². The minimum Gasteiger partial charge on any atom is -0.396 e. The normalized spacial score (nSPS) is 10.9. The van der Waals surface area contributed by atoms with Crippen molar-refractivity contribution >= 4 is 11.5 Å². The molecule has 0 aliphatic heterocycles. The van der Waals surface area contributed by atoms with Crippen LogP contribution < -0.4 is 5.32 Å². The van der Waals surface area contributed by atoms with Gasteiger partial charge in [-0.15, -0.1) is 0 Å². The Bertz CT molecular complexity index is 480. The van der Waals surface area contributed by atoms with Gasteiger partial charge >= 0.3 is 0 Å². The highest BCUT2D eigenvalue weighted by Crippen LogP contribution is 2.13. The highest BCUT2D eigenvalue weighted by Gasteiger charge is 2.02. The highest BCUT2D eigenvalue weighted by molar-refractivity contribution is 5.51. The molecule has 0 bridgehead atoms. The fourth-order valence-corrected chi connectivity index (χ4v) is 1.81. The number of pyridine rings is 1. The van der Waals surface area contributed by atoms with Crippen molar-refractivity contribution in [3.63, 3.8) is 0 Å². The van der Waals surface area contributed by atoms with Crippen molar-refractivity contribution < 1.29 is 5.11 Å². The average Bonchev–Trinajstić information content (AvgIpc) is 2.76. The number of fused-ring (bicyclic) bond motifs is 1. The third kappa shape index (κ3) is 2.94. The minimum absolute atomic E-state index is 0.276. The third-order valence-corrected chi connectivity index (χ3v) is 2.66. The van der Waals surface area contributed by atoms with Gasteiger partial charge in [0.25, 0.3) is 0 Å². The van der Waals surface area contributed by atoms with Gasteiger partial charge in [-0.3, -0.25) is 0 Å². The third-order valence-electron chi connectivity index (χ3n) is 2.66. The molecule has 5 nitrogen and oxygen atoms in total. The molecule has 0 saturated heterocycles. The van der Waals surface area contributed by atoms with Gasteiger partial charge < -0.3 is 10.4 Å². The van der Waals surface area contributed by atoms with Crippen molar-refractivity contribution in [2.45, 2.75) is 26.2 Å². The van der Waals surface area contributed by atoms with Gasteiger partial charge in [-0.25, -0.2) is 4.98 Å². The second-order valence-corrected chi connectivity index (χ2v) is 4.16. The molecule has 0 aromatic carbocycles. The topological polar surface area (TPSA) is 62.5 Å². The molecule has 5 heteroatoms. The van der Waals surface area contributed by atoms with Crippen molar-refractivity contribution in [1.82, 2.24) is 14.6 Å². The van der Waals surface area contributed by atoms with Crippen LogP contribution in [0, 0.1) is 6.92 Å². The van der Waals surface area contributed by atoms with E-state index >= 15 is 0 Å². The van der Waals surface area contributed by atoms with Crippen LogP contribution in [-0.2, 0) is 0 Å². The zero-order valence-electron chi connectivity index (χ0n) is 10.1. The Labute approximate surface area is 100 Å². The standard InChI is InChI=1S/C12H18N4O/c1-10-7-11(13-5-3-2-4-6-17)16-12(8-10)14-9-15-16/h7-9,13,17H,2-6H2,1H3. The van der Waals surface area contributed by atoms with Gasteiger partial charge in [-0.2, -0.15) is 9.61 Å². The first-order chi connectivity index (χ1) is 8.31. The van der Waals surface area contributed by atoms with E-state index in [9.17, 15) is 0 Å². The molecule has 0 unspecified atom stereocenters. The van der Waals surface area contributed by atoms with E-state index in [2.05, 4.69) is 21.5 Å². The van der Waals surface area contributed by atoms with Crippen LogP contribution in [0.15, 0.2) is 18.5 Å². The van der Waals surface area contributed by atoms with E-state index < -0.39 is 0 Å². The van der Waals surface area contributed by atoms with Gasteiger partial charge in [-0.05, 0) is 43.9 Å². The summed E-state index contributed by atoms with van der Waals surface area (Å²) in [7, 11) is 0. The summed E-state index contributed by atoms with van der Waals surface area (Å²) in [6.07, 6.45) is 4.51. The predicted octanol–water partition coefficient (Wildman–Crippen LogP) is 1.61. The molecule has 2 rings (SSSR count). The SMILES string of the molecule is Cc1cc(NCCCCCO)n2ncnc2c1. The number of aliphatic hydroxyl groups is 1. The molecule has 0 aliphatic carbocycles. The van der Waals surface area contributed by atoms with Crippen LogP contribution in [-0.4, -0.2) is 32.9 Å². The summed E-state index contributed by atoms with van der Waals surface area (Å²) < 4.78 is 1.80. The lowest BCUT2D eigenvalue weighted by atomic mass is 10.2. The summed E-state index contributed by atoms with van der Waals surface area (Å²) in [5.41, 5.74) is 2.03. The Kier molecular flexibility index (Phi) is 3.93. The molecule has 2 aromatic rings. The van der Waals surface area contributed by atoms with E-state index in [0.29, 0.717) is 0 Å². The van der Waals surface area contributed by atoms with Crippen molar-refractivity contribution in [3.05, 3.63) is 24.0 Å². The molecule has 92 valence electrons. The molecule has 0 spiro atoms. The van der Waals surface area contributed by atoms with Gasteiger partial charge in [0.15, 0.2) is 5.65 Å². The number of hydrogen-bond acceptors (Lipinski definition) is 4. The number of nitrogens with zero attached hydrogens (tertiary/aromatic N) is 3. The summed E-state index contributed by atoms with van der Waals surface area (Å²) in [4.78, 5) is 4.18. The van der Waals surface area contributed by atoms with Crippen LogP contribution in [0.3, 0.4) is 0 Å². The summed E-state index contributed by atoms with van der Waals surface area (Å²) in [6, 6.07) is 4.07. The first-order valence-corrected chi connectivity index (χ1v) is 5.96. The van der Waals surface area contributed by atoms with Crippen LogP contribution in [0.25, 0.3) is 5.65 Å². The van der Waals surface area contributed by atoms with E-state index in [1.807, 2.05) is 13.0 Å². The van der Waals surface area contributed by atoms with E-state index in [4.69, 9.17) is 5.11 Å². The molecule has 0 atom stereocenters. The maximum atomic E-state index is 8.69. The number of hydrogen-bond donors (Lipinski definition) is 2. The van der Waals surface area contributed by atoms with E-state index in [1.54, 1.807) is 10.8 Å². The Balaban J connectivity index is 2.00. The summed E-state index contributed by atoms with van der Waals surface area (Å²) in [5, 5.41) is 16.2. The lowest BCUT2D eigenvalue weighted by Gasteiger charge is -2.08. The van der Waals surface area contributed by atoms with Gasteiger partial charge in [0.05, 0.1) is 0 Å². The maximum absolute atomic E-state index is 8.69. The van der Waals surface area contributed by atoms with Gasteiger partial charge in [0.1, 0.15) is 12.1 Å². The van der Waals surface area contributed by atoms with E-state index in [0.717, 1.165) is 37.3 Å². The van der Waals surface area contributed by atoms with Crippen LogP contribution in [0.1, 0.15) is 24.8 Å². The Morgan fingerprint density at radius 2 is 2.18 bits per heavy atom. The van der Waals surface area contributed by atoms with Gasteiger partial charge in [0.2, 0.25) is 0 Å². The first kappa shape index (κ1) is 11.9. The number of anilines is 1. The molecule has 0 aliphatic rings. The van der Waals surface area contributed by atoms with Gasteiger partial charge in [0, 0.05) is 13.2 Å². The average molecular weight is 234 g/mol. The lowest BCUT2D eigenvalue weighted by Crippen LogP contribution is -2.07. The molecule has 0 fully saturated rings. The number of rotatable bonds is 6. The molecule has 2 heterocycles. The molecular formula is C12H18N4O. The minimum atomic E-state index is 0.276. The van der Waals surface area contributed by atoms with Crippen LogP contribution in [0.2, 0.25) is 0 Å². The number of aryl methyl sites for hydroxylation is 1.